The Hall–Kier alpha value is -2.71. The zero-order valence-electron chi connectivity index (χ0n) is 13.9. The summed E-state index contributed by atoms with van der Waals surface area (Å²) in [6.07, 6.45) is -1.81. The Morgan fingerprint density at radius 3 is 2.64 bits per heavy atom. The van der Waals surface area contributed by atoms with E-state index >= 15 is 0 Å². The van der Waals surface area contributed by atoms with Crippen LogP contribution in [0.4, 0.5) is 23.7 Å². The van der Waals surface area contributed by atoms with Gasteiger partial charge in [0.05, 0.1) is 11.9 Å². The summed E-state index contributed by atoms with van der Waals surface area (Å²) in [4.78, 5) is 23.1. The Morgan fingerprint density at radius 2 is 2.04 bits per heavy atom. The van der Waals surface area contributed by atoms with Gasteiger partial charge in [0, 0.05) is 18.0 Å². The van der Waals surface area contributed by atoms with Crippen molar-refractivity contribution in [2.45, 2.75) is 39.5 Å². The number of ether oxygens (including phenoxy) is 1. The van der Waals surface area contributed by atoms with Crippen molar-refractivity contribution < 1.29 is 22.7 Å². The number of rotatable bonds is 4. The molecule has 0 bridgehead atoms. The highest BCUT2D eigenvalue weighted by atomic mass is 19.4. The summed E-state index contributed by atoms with van der Waals surface area (Å²) in [7, 11) is 0. The molecule has 0 aliphatic heterocycles. The number of carbonyl (C=O) groups excluding carboxylic acids is 1. The number of alkyl halides is 3. The van der Waals surface area contributed by atoms with Gasteiger partial charge in [0.15, 0.2) is 11.5 Å². The summed E-state index contributed by atoms with van der Waals surface area (Å²) >= 11 is 0. The average Bonchev–Trinajstić information content (AvgIpc) is 2.54. The number of anilines is 1. The molecule has 1 N–H and O–H groups in total. The normalized spacial score (nSPS) is 12.6. The van der Waals surface area contributed by atoms with Gasteiger partial charge < -0.3 is 4.74 Å². The highest BCUT2D eigenvalue weighted by Gasteiger charge is 2.37. The number of nitrogens with zero attached hydrogens (tertiary/aromatic N) is 3. The molecule has 0 aliphatic rings. The van der Waals surface area contributed by atoms with Gasteiger partial charge in [-0.2, -0.15) is 13.2 Å². The van der Waals surface area contributed by atoms with Crippen molar-refractivity contribution >= 4 is 11.8 Å². The molecular formula is C16H17F3N4O2. The maximum atomic E-state index is 13.3. The van der Waals surface area contributed by atoms with E-state index in [0.717, 1.165) is 11.8 Å². The Balaban J connectivity index is 2.36. The van der Waals surface area contributed by atoms with Gasteiger partial charge in [0.1, 0.15) is 6.10 Å². The molecule has 9 heteroatoms. The molecule has 0 aromatic carbocycles. The summed E-state index contributed by atoms with van der Waals surface area (Å²) in [5, 5.41) is 2.05. The standard InChI is InChI=1S/C16H17F3N4O2/c1-4-10(3)25-15(24)22-12-8-21-14(23-13(12)16(17,18)19)11-5-9(2)6-20-7-11/h5-8,10H,4H2,1-3H3,(H,22,24). The lowest BCUT2D eigenvalue weighted by Gasteiger charge is -2.15. The van der Waals surface area contributed by atoms with E-state index in [4.69, 9.17) is 4.74 Å². The highest BCUT2D eigenvalue weighted by molar-refractivity contribution is 5.85. The molecule has 0 spiro atoms. The van der Waals surface area contributed by atoms with Crippen molar-refractivity contribution in [2.24, 2.45) is 0 Å². The first-order valence-electron chi connectivity index (χ1n) is 7.54. The number of halogens is 3. The highest BCUT2D eigenvalue weighted by Crippen LogP contribution is 2.34. The third kappa shape index (κ3) is 4.88. The van der Waals surface area contributed by atoms with Gasteiger partial charge in [-0.3, -0.25) is 10.3 Å². The van der Waals surface area contributed by atoms with E-state index in [-0.39, 0.29) is 5.82 Å². The van der Waals surface area contributed by atoms with Crippen LogP contribution in [0.5, 0.6) is 0 Å². The molecule has 0 radical (unpaired) electrons. The van der Waals surface area contributed by atoms with Crippen LogP contribution in [0.25, 0.3) is 11.4 Å². The molecule has 2 aromatic rings. The Kier molecular flexibility index (Phi) is 5.55. The zero-order chi connectivity index (χ0) is 18.6. The summed E-state index contributed by atoms with van der Waals surface area (Å²) < 4.78 is 44.8. The van der Waals surface area contributed by atoms with E-state index < -0.39 is 29.8 Å². The molecule has 0 saturated carbocycles. The Morgan fingerprint density at radius 1 is 1.32 bits per heavy atom. The minimum absolute atomic E-state index is 0.135. The van der Waals surface area contributed by atoms with Crippen LogP contribution in [0.3, 0.4) is 0 Å². The summed E-state index contributed by atoms with van der Waals surface area (Å²) in [6, 6.07) is 1.62. The van der Waals surface area contributed by atoms with Crippen molar-refractivity contribution in [1.82, 2.24) is 15.0 Å². The summed E-state index contributed by atoms with van der Waals surface area (Å²) in [6.45, 7) is 5.17. The van der Waals surface area contributed by atoms with Crippen molar-refractivity contribution in [2.75, 3.05) is 5.32 Å². The van der Waals surface area contributed by atoms with Gasteiger partial charge >= 0.3 is 12.3 Å². The van der Waals surface area contributed by atoms with E-state index in [9.17, 15) is 18.0 Å². The molecule has 1 amide bonds. The third-order valence-electron chi connectivity index (χ3n) is 3.31. The van der Waals surface area contributed by atoms with Crippen LogP contribution >= 0.6 is 0 Å². The monoisotopic (exact) mass is 354 g/mol. The van der Waals surface area contributed by atoms with Crippen LogP contribution in [0.15, 0.2) is 24.7 Å². The predicted molar refractivity (Wildman–Crippen MR) is 84.9 cm³/mol. The van der Waals surface area contributed by atoms with Crippen LogP contribution in [-0.4, -0.2) is 27.1 Å². The number of hydrogen-bond donors (Lipinski definition) is 1. The third-order valence-corrected chi connectivity index (χ3v) is 3.31. The Bertz CT molecular complexity index is 765. The van der Waals surface area contributed by atoms with E-state index in [1.807, 2.05) is 0 Å². The fraction of sp³-hybridized carbons (Fsp3) is 0.375. The van der Waals surface area contributed by atoms with E-state index in [2.05, 4.69) is 20.3 Å². The van der Waals surface area contributed by atoms with Gasteiger partial charge in [-0.1, -0.05) is 6.92 Å². The van der Waals surface area contributed by atoms with Crippen molar-refractivity contribution in [3.63, 3.8) is 0 Å². The van der Waals surface area contributed by atoms with Crippen LogP contribution in [0.1, 0.15) is 31.5 Å². The molecule has 2 aromatic heterocycles. The quantitative estimate of drug-likeness (QED) is 0.890. The number of pyridine rings is 1. The predicted octanol–water partition coefficient (Wildman–Crippen LogP) is 4.21. The van der Waals surface area contributed by atoms with Crippen molar-refractivity contribution in [1.29, 1.82) is 0 Å². The number of nitrogens with one attached hydrogen (secondary N) is 1. The smallest absolute Gasteiger partial charge is 0.435 e. The molecule has 0 fully saturated rings. The second kappa shape index (κ2) is 7.45. The fourth-order valence-electron chi connectivity index (χ4n) is 1.91. The number of aryl methyl sites for hydroxylation is 1. The second-order valence-corrected chi connectivity index (χ2v) is 5.45. The number of hydrogen-bond acceptors (Lipinski definition) is 5. The molecule has 0 saturated heterocycles. The first-order chi connectivity index (χ1) is 11.7. The molecule has 1 unspecified atom stereocenters. The maximum absolute atomic E-state index is 13.3. The fourth-order valence-corrected chi connectivity index (χ4v) is 1.91. The van der Waals surface area contributed by atoms with Crippen molar-refractivity contribution in [3.05, 3.63) is 35.9 Å². The van der Waals surface area contributed by atoms with Crippen molar-refractivity contribution in [3.8, 4) is 11.4 Å². The van der Waals surface area contributed by atoms with Crippen LogP contribution in [0, 0.1) is 6.92 Å². The van der Waals surface area contributed by atoms with Gasteiger partial charge in [0.2, 0.25) is 0 Å². The van der Waals surface area contributed by atoms with Gasteiger partial charge in [-0.05, 0) is 31.9 Å². The van der Waals surface area contributed by atoms with E-state index in [0.29, 0.717) is 12.0 Å². The molecule has 2 heterocycles. The topological polar surface area (TPSA) is 77.0 Å². The lowest BCUT2D eigenvalue weighted by atomic mass is 10.2. The molecule has 0 aliphatic carbocycles. The molecule has 134 valence electrons. The number of amides is 1. The SMILES string of the molecule is CCC(C)OC(=O)Nc1cnc(-c2cncc(C)c2)nc1C(F)(F)F. The lowest BCUT2D eigenvalue weighted by Crippen LogP contribution is -2.22. The van der Waals surface area contributed by atoms with Crippen LogP contribution < -0.4 is 5.32 Å². The van der Waals surface area contributed by atoms with Gasteiger partial charge in [-0.25, -0.2) is 14.8 Å². The molecule has 25 heavy (non-hydrogen) atoms. The molecule has 2 rings (SSSR count). The molecular weight excluding hydrogens is 337 g/mol. The minimum Gasteiger partial charge on any atom is -0.446 e. The van der Waals surface area contributed by atoms with Gasteiger partial charge in [0.25, 0.3) is 0 Å². The lowest BCUT2D eigenvalue weighted by molar-refractivity contribution is -0.140. The first kappa shape index (κ1) is 18.6. The average molecular weight is 354 g/mol. The van der Waals surface area contributed by atoms with Gasteiger partial charge in [-0.15, -0.1) is 0 Å². The van der Waals surface area contributed by atoms with E-state index in [1.165, 1.54) is 6.20 Å². The summed E-state index contributed by atoms with van der Waals surface area (Å²) in [5.41, 5.74) is -0.710. The largest absolute Gasteiger partial charge is 0.446 e. The van der Waals surface area contributed by atoms with Crippen LogP contribution in [0.2, 0.25) is 0 Å². The minimum atomic E-state index is -4.77. The van der Waals surface area contributed by atoms with E-state index in [1.54, 1.807) is 33.0 Å². The Labute approximate surface area is 142 Å². The van der Waals surface area contributed by atoms with Crippen LogP contribution in [-0.2, 0) is 10.9 Å². The molecule has 1 atom stereocenters. The second-order valence-electron chi connectivity index (χ2n) is 5.45. The maximum Gasteiger partial charge on any atom is 0.435 e. The zero-order valence-corrected chi connectivity index (χ0v) is 13.9. The summed E-state index contributed by atoms with van der Waals surface area (Å²) in [5.74, 6) is -0.135. The number of carbonyl (C=O) groups is 1. The first-order valence-corrected chi connectivity index (χ1v) is 7.54. The number of aromatic nitrogens is 3. The molecule has 6 nitrogen and oxygen atoms in total.